The van der Waals surface area contributed by atoms with Crippen LogP contribution < -0.4 is 0 Å². The third-order valence-electron chi connectivity index (χ3n) is 2.65. The first-order chi connectivity index (χ1) is 9.11. The molecule has 0 saturated carbocycles. The molecule has 0 fully saturated rings. The molecule has 1 rings (SSSR count). The lowest BCUT2D eigenvalue weighted by Gasteiger charge is -2.18. The fourth-order valence-electron chi connectivity index (χ4n) is 1.73. The molecule has 0 aliphatic rings. The van der Waals surface area contributed by atoms with E-state index in [-0.39, 0.29) is 12.8 Å². The Hall–Kier alpha value is -1.97. The second-order valence-corrected chi connectivity index (χ2v) is 4.29. The summed E-state index contributed by atoms with van der Waals surface area (Å²) in [7, 11) is 0. The minimum absolute atomic E-state index is 0.202. The van der Waals surface area contributed by atoms with Gasteiger partial charge in [-0.05, 0) is 25.0 Å². The molecule has 1 aromatic rings. The van der Waals surface area contributed by atoms with Crippen molar-refractivity contribution in [3.8, 4) is 0 Å². The van der Waals surface area contributed by atoms with E-state index in [2.05, 4.69) is 0 Å². The number of rotatable bonds is 5. The molecule has 3 amide bonds. The van der Waals surface area contributed by atoms with Crippen molar-refractivity contribution in [3.05, 3.63) is 35.9 Å². The summed E-state index contributed by atoms with van der Waals surface area (Å²) < 4.78 is 0. The Morgan fingerprint density at radius 1 is 0.895 bits per heavy atom. The highest BCUT2D eigenvalue weighted by molar-refractivity contribution is 6.16. The topological polar surface area (TPSA) is 54.5 Å². The molecule has 0 spiro atoms. The molecule has 0 bridgehead atoms. The predicted molar refractivity (Wildman–Crippen MR) is 72.4 cm³/mol. The van der Waals surface area contributed by atoms with Gasteiger partial charge in [0.25, 0.3) is 5.91 Å². The van der Waals surface area contributed by atoms with Crippen LogP contribution in [0.1, 0.15) is 49.9 Å². The Labute approximate surface area is 113 Å². The van der Waals surface area contributed by atoms with E-state index in [4.69, 9.17) is 0 Å². The van der Waals surface area contributed by atoms with Crippen molar-refractivity contribution < 1.29 is 14.4 Å². The van der Waals surface area contributed by atoms with Gasteiger partial charge in [-0.3, -0.25) is 14.4 Å². The van der Waals surface area contributed by atoms with Crippen LogP contribution in [0.3, 0.4) is 0 Å². The standard InChI is InChI=1S/C15H19NO3/c1-3-8-13(17)16(14(18)9-4-2)15(19)12-10-6-5-7-11-12/h5-7,10-11H,3-4,8-9H2,1-2H3. The molecule has 0 saturated heterocycles. The number of nitrogens with zero attached hydrogens (tertiary/aromatic N) is 1. The highest BCUT2D eigenvalue weighted by Gasteiger charge is 2.27. The molecule has 0 aliphatic carbocycles. The number of amides is 3. The minimum Gasteiger partial charge on any atom is -0.274 e. The zero-order valence-corrected chi connectivity index (χ0v) is 11.4. The van der Waals surface area contributed by atoms with Gasteiger partial charge in [-0.1, -0.05) is 32.0 Å². The normalized spacial score (nSPS) is 10.0. The van der Waals surface area contributed by atoms with Gasteiger partial charge in [-0.15, -0.1) is 0 Å². The summed E-state index contributed by atoms with van der Waals surface area (Å²) in [6, 6.07) is 8.41. The molecule has 0 unspecified atom stereocenters. The smallest absolute Gasteiger partial charge is 0.267 e. The van der Waals surface area contributed by atoms with Gasteiger partial charge in [0.1, 0.15) is 0 Å². The van der Waals surface area contributed by atoms with E-state index in [1.807, 2.05) is 13.8 Å². The second-order valence-electron chi connectivity index (χ2n) is 4.29. The molecule has 19 heavy (non-hydrogen) atoms. The van der Waals surface area contributed by atoms with Gasteiger partial charge in [0.05, 0.1) is 0 Å². The summed E-state index contributed by atoms with van der Waals surface area (Å²) in [4.78, 5) is 37.0. The number of hydrogen-bond donors (Lipinski definition) is 0. The molecule has 102 valence electrons. The van der Waals surface area contributed by atoms with E-state index < -0.39 is 17.7 Å². The third-order valence-corrected chi connectivity index (χ3v) is 2.65. The quantitative estimate of drug-likeness (QED) is 0.819. The Kier molecular flexibility index (Phi) is 5.93. The SMILES string of the molecule is CCCC(=O)N(C(=O)CCC)C(=O)c1ccccc1. The lowest BCUT2D eigenvalue weighted by atomic mass is 10.1. The van der Waals surface area contributed by atoms with E-state index in [0.717, 1.165) is 4.90 Å². The molecule has 0 atom stereocenters. The summed E-state index contributed by atoms with van der Waals surface area (Å²) in [5.41, 5.74) is 0.358. The van der Waals surface area contributed by atoms with E-state index >= 15 is 0 Å². The van der Waals surface area contributed by atoms with Crippen molar-refractivity contribution in [2.75, 3.05) is 0 Å². The number of benzene rings is 1. The van der Waals surface area contributed by atoms with Gasteiger partial charge in [0.2, 0.25) is 11.8 Å². The Balaban J connectivity index is 2.99. The van der Waals surface area contributed by atoms with Gasteiger partial charge >= 0.3 is 0 Å². The van der Waals surface area contributed by atoms with Crippen LogP contribution in [0.2, 0.25) is 0 Å². The van der Waals surface area contributed by atoms with Crippen molar-refractivity contribution in [2.45, 2.75) is 39.5 Å². The molecule has 4 nitrogen and oxygen atoms in total. The van der Waals surface area contributed by atoms with Crippen LogP contribution in [-0.4, -0.2) is 22.6 Å². The zero-order valence-electron chi connectivity index (χ0n) is 11.4. The lowest BCUT2D eigenvalue weighted by molar-refractivity contribution is -0.141. The molecular weight excluding hydrogens is 242 g/mol. The van der Waals surface area contributed by atoms with Crippen LogP contribution in [0.4, 0.5) is 0 Å². The summed E-state index contributed by atoms with van der Waals surface area (Å²) in [6.45, 7) is 3.68. The fourth-order valence-corrected chi connectivity index (χ4v) is 1.73. The predicted octanol–water partition coefficient (Wildman–Crippen LogP) is 2.78. The van der Waals surface area contributed by atoms with Crippen LogP contribution in [0, 0.1) is 0 Å². The van der Waals surface area contributed by atoms with Gasteiger partial charge in [-0.25, -0.2) is 4.90 Å². The molecule has 0 N–H and O–H groups in total. The number of imide groups is 3. The largest absolute Gasteiger partial charge is 0.274 e. The summed E-state index contributed by atoms with van der Waals surface area (Å²) in [5.74, 6) is -1.37. The van der Waals surface area contributed by atoms with Gasteiger partial charge in [-0.2, -0.15) is 0 Å². The van der Waals surface area contributed by atoms with Crippen LogP contribution in [0.15, 0.2) is 30.3 Å². The molecule has 0 aromatic heterocycles. The van der Waals surface area contributed by atoms with E-state index in [0.29, 0.717) is 18.4 Å². The first-order valence-electron chi connectivity index (χ1n) is 6.57. The molecule has 0 radical (unpaired) electrons. The van der Waals surface area contributed by atoms with E-state index in [1.165, 1.54) is 0 Å². The second kappa shape index (κ2) is 7.46. The van der Waals surface area contributed by atoms with Gasteiger partial charge in [0, 0.05) is 18.4 Å². The Morgan fingerprint density at radius 2 is 1.37 bits per heavy atom. The van der Waals surface area contributed by atoms with Crippen molar-refractivity contribution >= 4 is 17.7 Å². The monoisotopic (exact) mass is 261 g/mol. The van der Waals surface area contributed by atoms with E-state index in [9.17, 15) is 14.4 Å². The van der Waals surface area contributed by atoms with Crippen molar-refractivity contribution in [2.24, 2.45) is 0 Å². The number of carbonyl (C=O) groups excluding carboxylic acids is 3. The average Bonchev–Trinajstić information content (AvgIpc) is 2.40. The Bertz CT molecular complexity index is 436. The first kappa shape index (κ1) is 15.1. The average molecular weight is 261 g/mol. The maximum absolute atomic E-state index is 12.3. The van der Waals surface area contributed by atoms with Gasteiger partial charge < -0.3 is 0 Å². The van der Waals surface area contributed by atoms with Crippen molar-refractivity contribution in [1.82, 2.24) is 4.90 Å². The summed E-state index contributed by atoms with van der Waals surface area (Å²) in [5, 5.41) is 0. The van der Waals surface area contributed by atoms with Crippen LogP contribution in [0.5, 0.6) is 0 Å². The fraction of sp³-hybridized carbons (Fsp3) is 0.400. The third kappa shape index (κ3) is 4.02. The molecule has 1 aromatic carbocycles. The molecule has 0 aliphatic heterocycles. The lowest BCUT2D eigenvalue weighted by Crippen LogP contribution is -2.41. The van der Waals surface area contributed by atoms with Crippen molar-refractivity contribution in [1.29, 1.82) is 0 Å². The highest BCUT2D eigenvalue weighted by atomic mass is 16.2. The molecule has 0 heterocycles. The first-order valence-corrected chi connectivity index (χ1v) is 6.57. The van der Waals surface area contributed by atoms with Crippen LogP contribution >= 0.6 is 0 Å². The number of hydrogen-bond acceptors (Lipinski definition) is 3. The van der Waals surface area contributed by atoms with Gasteiger partial charge in [0.15, 0.2) is 0 Å². The molecular formula is C15H19NO3. The molecule has 4 heteroatoms. The van der Waals surface area contributed by atoms with Crippen LogP contribution in [0.25, 0.3) is 0 Å². The maximum atomic E-state index is 12.3. The van der Waals surface area contributed by atoms with Crippen molar-refractivity contribution in [3.63, 3.8) is 0 Å². The highest BCUT2D eigenvalue weighted by Crippen LogP contribution is 2.10. The van der Waals surface area contributed by atoms with E-state index in [1.54, 1.807) is 30.3 Å². The Morgan fingerprint density at radius 3 is 1.79 bits per heavy atom. The minimum atomic E-state index is -0.530. The summed E-state index contributed by atoms with van der Waals surface area (Å²) in [6.07, 6.45) is 1.62. The maximum Gasteiger partial charge on any atom is 0.267 e. The number of carbonyl (C=O) groups is 3. The summed E-state index contributed by atoms with van der Waals surface area (Å²) >= 11 is 0. The van der Waals surface area contributed by atoms with Crippen LogP contribution in [-0.2, 0) is 9.59 Å². The zero-order chi connectivity index (χ0) is 14.3.